The molecular formula is C20H17N3O4. The van der Waals surface area contributed by atoms with Crippen LogP contribution in [0.15, 0.2) is 71.3 Å². The number of carbonyl (C=O) groups is 3. The molecule has 27 heavy (non-hydrogen) atoms. The number of nitrogens with one attached hydrogen (secondary N) is 3. The van der Waals surface area contributed by atoms with Gasteiger partial charge in [-0.1, -0.05) is 0 Å². The summed E-state index contributed by atoms with van der Waals surface area (Å²) in [5.74, 6) is -0.604. The average molecular weight is 363 g/mol. The summed E-state index contributed by atoms with van der Waals surface area (Å²) in [5, 5.41) is 8.11. The maximum absolute atomic E-state index is 12.3. The van der Waals surface area contributed by atoms with E-state index >= 15 is 0 Å². The maximum atomic E-state index is 12.3. The SMILES string of the molecule is CC(=O)Nc1ccc(NC(=O)c2ccc(NC(=O)c3ccco3)cc2)cc1. The monoisotopic (exact) mass is 363 g/mol. The van der Waals surface area contributed by atoms with Gasteiger partial charge in [-0.25, -0.2) is 0 Å². The van der Waals surface area contributed by atoms with Crippen LogP contribution in [0, 0.1) is 0 Å². The molecule has 0 saturated heterocycles. The number of anilines is 3. The van der Waals surface area contributed by atoms with E-state index in [0.717, 1.165) is 0 Å². The van der Waals surface area contributed by atoms with Crippen LogP contribution in [0.2, 0.25) is 0 Å². The molecule has 3 rings (SSSR count). The first-order valence-electron chi connectivity index (χ1n) is 8.15. The van der Waals surface area contributed by atoms with Crippen LogP contribution in [-0.2, 0) is 4.79 Å². The predicted molar refractivity (Wildman–Crippen MR) is 102 cm³/mol. The summed E-state index contributed by atoms with van der Waals surface area (Å²) in [6.45, 7) is 1.43. The molecule has 0 unspecified atom stereocenters. The second-order valence-corrected chi connectivity index (χ2v) is 5.72. The smallest absolute Gasteiger partial charge is 0.291 e. The van der Waals surface area contributed by atoms with Crippen molar-refractivity contribution in [3.05, 3.63) is 78.3 Å². The Morgan fingerprint density at radius 2 is 1.22 bits per heavy atom. The van der Waals surface area contributed by atoms with Gasteiger partial charge in [0.2, 0.25) is 5.91 Å². The van der Waals surface area contributed by atoms with Gasteiger partial charge in [-0.2, -0.15) is 0 Å². The van der Waals surface area contributed by atoms with Crippen molar-refractivity contribution in [1.82, 2.24) is 0 Å². The molecule has 7 heteroatoms. The molecule has 0 fully saturated rings. The Morgan fingerprint density at radius 3 is 1.74 bits per heavy atom. The van der Waals surface area contributed by atoms with Crippen molar-refractivity contribution in [2.75, 3.05) is 16.0 Å². The molecule has 136 valence electrons. The fourth-order valence-corrected chi connectivity index (χ4v) is 2.35. The van der Waals surface area contributed by atoms with Gasteiger partial charge in [-0.05, 0) is 60.7 Å². The van der Waals surface area contributed by atoms with Crippen molar-refractivity contribution in [2.24, 2.45) is 0 Å². The van der Waals surface area contributed by atoms with Crippen LogP contribution in [0.1, 0.15) is 27.8 Å². The molecule has 3 aromatic rings. The Kier molecular flexibility index (Phi) is 5.32. The highest BCUT2D eigenvalue weighted by atomic mass is 16.3. The van der Waals surface area contributed by atoms with E-state index in [1.54, 1.807) is 60.7 Å². The Labute approximate surface area is 155 Å². The van der Waals surface area contributed by atoms with Gasteiger partial charge in [0.25, 0.3) is 11.8 Å². The number of hydrogen-bond acceptors (Lipinski definition) is 4. The highest BCUT2D eigenvalue weighted by Crippen LogP contribution is 2.16. The minimum Gasteiger partial charge on any atom is -0.459 e. The average Bonchev–Trinajstić information content (AvgIpc) is 3.18. The van der Waals surface area contributed by atoms with Crippen molar-refractivity contribution in [3.63, 3.8) is 0 Å². The highest BCUT2D eigenvalue weighted by molar-refractivity contribution is 6.05. The largest absolute Gasteiger partial charge is 0.459 e. The highest BCUT2D eigenvalue weighted by Gasteiger charge is 2.10. The second-order valence-electron chi connectivity index (χ2n) is 5.72. The summed E-state index contributed by atoms with van der Waals surface area (Å²) in [7, 11) is 0. The van der Waals surface area contributed by atoms with Gasteiger partial charge in [0, 0.05) is 29.5 Å². The lowest BCUT2D eigenvalue weighted by atomic mass is 10.2. The fraction of sp³-hybridized carbons (Fsp3) is 0.0500. The summed E-state index contributed by atoms with van der Waals surface area (Å²) in [6, 6.07) is 16.5. The molecule has 2 aromatic carbocycles. The number of amides is 3. The molecule has 0 radical (unpaired) electrons. The van der Waals surface area contributed by atoms with Crippen molar-refractivity contribution in [1.29, 1.82) is 0 Å². The Hall–Kier alpha value is -3.87. The molecule has 0 aliphatic heterocycles. The molecule has 0 atom stereocenters. The Balaban J connectivity index is 1.60. The van der Waals surface area contributed by atoms with Gasteiger partial charge in [0.1, 0.15) is 0 Å². The summed E-state index contributed by atoms with van der Waals surface area (Å²) < 4.78 is 5.03. The number of carbonyl (C=O) groups excluding carboxylic acids is 3. The third-order valence-electron chi connectivity index (χ3n) is 3.61. The third-order valence-corrected chi connectivity index (χ3v) is 3.61. The Morgan fingerprint density at radius 1 is 0.704 bits per heavy atom. The van der Waals surface area contributed by atoms with Crippen molar-refractivity contribution < 1.29 is 18.8 Å². The minimum absolute atomic E-state index is 0.161. The molecule has 3 N–H and O–H groups in total. The van der Waals surface area contributed by atoms with Crippen LogP contribution >= 0.6 is 0 Å². The van der Waals surface area contributed by atoms with E-state index in [-0.39, 0.29) is 23.5 Å². The normalized spacial score (nSPS) is 10.1. The second kappa shape index (κ2) is 8.01. The standard InChI is InChI=1S/C20H17N3O4/c1-13(24)21-15-8-10-17(11-9-15)22-19(25)14-4-6-16(7-5-14)23-20(26)18-3-2-12-27-18/h2-12H,1H3,(H,21,24)(H,22,25)(H,23,26). The molecule has 1 aromatic heterocycles. The lowest BCUT2D eigenvalue weighted by Gasteiger charge is -2.08. The first-order chi connectivity index (χ1) is 13.0. The molecule has 0 bridgehead atoms. The van der Waals surface area contributed by atoms with Gasteiger partial charge in [-0.3, -0.25) is 14.4 Å². The topological polar surface area (TPSA) is 100 Å². The van der Waals surface area contributed by atoms with E-state index in [4.69, 9.17) is 4.42 Å². The van der Waals surface area contributed by atoms with Gasteiger partial charge >= 0.3 is 0 Å². The van der Waals surface area contributed by atoms with Gasteiger partial charge in [0.15, 0.2) is 5.76 Å². The third kappa shape index (κ3) is 4.82. The lowest BCUT2D eigenvalue weighted by Crippen LogP contribution is -2.13. The number of rotatable bonds is 5. The molecule has 0 spiro atoms. The molecule has 1 heterocycles. The number of benzene rings is 2. The quantitative estimate of drug-likeness (QED) is 0.643. The van der Waals surface area contributed by atoms with Crippen molar-refractivity contribution >= 4 is 34.8 Å². The summed E-state index contributed by atoms with van der Waals surface area (Å²) >= 11 is 0. The van der Waals surface area contributed by atoms with Crippen LogP contribution < -0.4 is 16.0 Å². The number of hydrogen-bond donors (Lipinski definition) is 3. The molecular weight excluding hydrogens is 346 g/mol. The predicted octanol–water partition coefficient (Wildman–Crippen LogP) is 3.74. The Bertz CT molecular complexity index is 946. The van der Waals surface area contributed by atoms with Gasteiger partial charge in [0.05, 0.1) is 6.26 Å². The molecule has 7 nitrogen and oxygen atoms in total. The zero-order chi connectivity index (χ0) is 19.2. The van der Waals surface area contributed by atoms with Crippen LogP contribution in [0.3, 0.4) is 0 Å². The van der Waals surface area contributed by atoms with E-state index in [1.807, 2.05) is 0 Å². The zero-order valence-electron chi connectivity index (χ0n) is 14.5. The van der Waals surface area contributed by atoms with Gasteiger partial charge < -0.3 is 20.4 Å². The van der Waals surface area contributed by atoms with E-state index in [0.29, 0.717) is 22.6 Å². The number of furan rings is 1. The molecule has 3 amide bonds. The van der Waals surface area contributed by atoms with E-state index in [2.05, 4.69) is 16.0 Å². The van der Waals surface area contributed by atoms with Crippen LogP contribution in [-0.4, -0.2) is 17.7 Å². The van der Waals surface area contributed by atoms with Crippen molar-refractivity contribution in [2.45, 2.75) is 6.92 Å². The molecule has 0 saturated carbocycles. The first-order valence-corrected chi connectivity index (χ1v) is 8.15. The zero-order valence-corrected chi connectivity index (χ0v) is 14.5. The van der Waals surface area contributed by atoms with Crippen LogP contribution in [0.5, 0.6) is 0 Å². The summed E-state index contributed by atoms with van der Waals surface area (Å²) in [4.78, 5) is 35.2. The van der Waals surface area contributed by atoms with Crippen LogP contribution in [0.4, 0.5) is 17.1 Å². The van der Waals surface area contributed by atoms with Crippen LogP contribution in [0.25, 0.3) is 0 Å². The lowest BCUT2D eigenvalue weighted by molar-refractivity contribution is -0.114. The van der Waals surface area contributed by atoms with E-state index < -0.39 is 0 Å². The summed E-state index contributed by atoms with van der Waals surface area (Å²) in [5.41, 5.74) is 2.24. The molecule has 0 aliphatic rings. The van der Waals surface area contributed by atoms with E-state index in [1.165, 1.54) is 13.2 Å². The van der Waals surface area contributed by atoms with E-state index in [9.17, 15) is 14.4 Å². The maximum Gasteiger partial charge on any atom is 0.291 e. The van der Waals surface area contributed by atoms with Crippen molar-refractivity contribution in [3.8, 4) is 0 Å². The minimum atomic E-state index is -0.364. The van der Waals surface area contributed by atoms with Gasteiger partial charge in [-0.15, -0.1) is 0 Å². The first kappa shape index (κ1) is 17.9. The summed E-state index contributed by atoms with van der Waals surface area (Å²) in [6.07, 6.45) is 1.42. The fourth-order valence-electron chi connectivity index (χ4n) is 2.35. The molecule has 0 aliphatic carbocycles.